The smallest absolute Gasteiger partial charge is 0.407 e. The van der Waals surface area contributed by atoms with E-state index in [1.165, 1.54) is 12.3 Å². The number of amides is 1. The Hall–Kier alpha value is -2.32. The summed E-state index contributed by atoms with van der Waals surface area (Å²) < 4.78 is 19.1. The van der Waals surface area contributed by atoms with Crippen LogP contribution in [0.15, 0.2) is 30.5 Å². The van der Waals surface area contributed by atoms with Crippen molar-refractivity contribution in [2.75, 3.05) is 19.7 Å². The van der Waals surface area contributed by atoms with Gasteiger partial charge in [-0.15, -0.1) is 11.3 Å². The number of Topliss-reactive ketones (excluding diaryl/α,β-unsaturated/α-hetero) is 1. The Labute approximate surface area is 135 Å². The number of thiazole rings is 1. The molecule has 1 amide bonds. The maximum atomic E-state index is 13.8. The monoisotopic (exact) mass is 336 g/mol. The fourth-order valence-corrected chi connectivity index (χ4v) is 3.22. The molecule has 1 aromatic carbocycles. The van der Waals surface area contributed by atoms with Crippen LogP contribution in [0, 0.1) is 5.82 Å². The molecule has 2 heterocycles. The highest BCUT2D eigenvalue weighted by Gasteiger charge is 2.31. The van der Waals surface area contributed by atoms with E-state index in [9.17, 15) is 14.0 Å². The highest BCUT2D eigenvalue weighted by atomic mass is 32.1. The summed E-state index contributed by atoms with van der Waals surface area (Å²) in [5.74, 6) is -0.773. The number of morpholine rings is 1. The zero-order chi connectivity index (χ0) is 16.4. The molecule has 0 saturated carbocycles. The molecule has 1 aliphatic rings. The molecule has 6 nitrogen and oxygen atoms in total. The van der Waals surface area contributed by atoms with Crippen molar-refractivity contribution >= 4 is 23.2 Å². The molecular formula is C15H13FN2O4S. The number of carboxylic acid groups (broad SMARTS) is 1. The molecule has 0 aliphatic carbocycles. The molecule has 2 aromatic rings. The van der Waals surface area contributed by atoms with Gasteiger partial charge in [0.25, 0.3) is 0 Å². The van der Waals surface area contributed by atoms with Crippen LogP contribution in [0.2, 0.25) is 0 Å². The van der Waals surface area contributed by atoms with Gasteiger partial charge < -0.3 is 14.7 Å². The lowest BCUT2D eigenvalue weighted by molar-refractivity contribution is -0.0111. The van der Waals surface area contributed by atoms with Crippen molar-refractivity contribution in [3.63, 3.8) is 0 Å². The molecule has 1 unspecified atom stereocenters. The number of benzene rings is 1. The Morgan fingerprint density at radius 2 is 2.17 bits per heavy atom. The van der Waals surface area contributed by atoms with Gasteiger partial charge >= 0.3 is 6.09 Å². The van der Waals surface area contributed by atoms with Gasteiger partial charge in [0.05, 0.1) is 18.0 Å². The van der Waals surface area contributed by atoms with Gasteiger partial charge in [-0.05, 0) is 6.07 Å². The normalized spacial score (nSPS) is 18.0. The van der Waals surface area contributed by atoms with Gasteiger partial charge in [-0.1, -0.05) is 18.2 Å². The summed E-state index contributed by atoms with van der Waals surface area (Å²) in [5, 5.41) is 9.18. The first-order chi connectivity index (χ1) is 11.1. The van der Waals surface area contributed by atoms with Crippen LogP contribution < -0.4 is 0 Å². The first-order valence-electron chi connectivity index (χ1n) is 6.90. The number of carbonyl (C=O) groups excluding carboxylic acids is 1. The van der Waals surface area contributed by atoms with Gasteiger partial charge in [-0.25, -0.2) is 14.2 Å². The predicted molar refractivity (Wildman–Crippen MR) is 81.2 cm³/mol. The van der Waals surface area contributed by atoms with Crippen molar-refractivity contribution in [2.24, 2.45) is 0 Å². The number of hydrogen-bond donors (Lipinski definition) is 1. The largest absolute Gasteiger partial charge is 0.465 e. The van der Waals surface area contributed by atoms with Crippen LogP contribution in [0.1, 0.15) is 9.80 Å². The maximum absolute atomic E-state index is 13.8. The van der Waals surface area contributed by atoms with Crippen LogP contribution in [0.25, 0.3) is 10.4 Å². The molecule has 1 aliphatic heterocycles. The Kier molecular flexibility index (Phi) is 4.35. The standard InChI is InChI=1S/C15H13FN2O4S/c16-10-4-2-1-3-9(10)12-7-17-14(23-12)13(19)11-8-18(15(20)21)5-6-22-11/h1-4,7,11H,5-6,8H2,(H,20,21). The molecule has 1 saturated heterocycles. The van der Waals surface area contributed by atoms with E-state index in [2.05, 4.69) is 4.98 Å². The number of hydrogen-bond acceptors (Lipinski definition) is 5. The number of aromatic nitrogens is 1. The number of rotatable bonds is 3. The summed E-state index contributed by atoms with van der Waals surface area (Å²) in [5.41, 5.74) is 0.376. The van der Waals surface area contributed by atoms with Crippen LogP contribution in [0.4, 0.5) is 9.18 Å². The second-order valence-corrected chi connectivity index (χ2v) is 5.99. The molecule has 23 heavy (non-hydrogen) atoms. The molecule has 120 valence electrons. The average molecular weight is 336 g/mol. The molecule has 8 heteroatoms. The first-order valence-corrected chi connectivity index (χ1v) is 7.72. The van der Waals surface area contributed by atoms with Crippen molar-refractivity contribution in [3.8, 4) is 10.4 Å². The van der Waals surface area contributed by atoms with E-state index in [0.29, 0.717) is 10.4 Å². The van der Waals surface area contributed by atoms with Gasteiger partial charge in [0.15, 0.2) is 5.01 Å². The fourth-order valence-electron chi connectivity index (χ4n) is 2.29. The van der Waals surface area contributed by atoms with Gasteiger partial charge in [-0.3, -0.25) is 4.79 Å². The minimum absolute atomic E-state index is 0.0250. The summed E-state index contributed by atoms with van der Waals surface area (Å²) in [6.07, 6.45) is -0.523. The second-order valence-electron chi connectivity index (χ2n) is 4.96. The molecule has 0 bridgehead atoms. The highest BCUT2D eigenvalue weighted by Crippen LogP contribution is 2.29. The molecule has 0 spiro atoms. The van der Waals surface area contributed by atoms with Crippen LogP contribution >= 0.6 is 11.3 Å². The molecule has 0 radical (unpaired) electrons. The van der Waals surface area contributed by atoms with Crippen molar-refractivity contribution < 1.29 is 23.8 Å². The lowest BCUT2D eigenvalue weighted by Gasteiger charge is -2.29. The molecule has 3 rings (SSSR count). The summed E-state index contributed by atoms with van der Waals surface area (Å²) in [4.78, 5) is 29.1. The third-order valence-corrected chi connectivity index (χ3v) is 4.53. The topological polar surface area (TPSA) is 79.7 Å². The van der Waals surface area contributed by atoms with Crippen molar-refractivity contribution in [2.45, 2.75) is 6.10 Å². The number of nitrogens with zero attached hydrogens (tertiary/aromatic N) is 2. The van der Waals surface area contributed by atoms with Gasteiger partial charge in [0.1, 0.15) is 11.9 Å². The van der Waals surface area contributed by atoms with Crippen LogP contribution in [-0.2, 0) is 4.74 Å². The van der Waals surface area contributed by atoms with E-state index in [4.69, 9.17) is 9.84 Å². The lowest BCUT2D eigenvalue weighted by Crippen LogP contribution is -2.48. The molecular weight excluding hydrogens is 323 g/mol. The minimum Gasteiger partial charge on any atom is -0.465 e. The Morgan fingerprint density at radius 1 is 1.39 bits per heavy atom. The number of ether oxygens (including phenoxy) is 1. The summed E-state index contributed by atoms with van der Waals surface area (Å²) in [7, 11) is 0. The zero-order valence-electron chi connectivity index (χ0n) is 11.9. The van der Waals surface area contributed by atoms with Crippen LogP contribution in [-0.4, -0.2) is 52.7 Å². The lowest BCUT2D eigenvalue weighted by atomic mass is 10.2. The predicted octanol–water partition coefficient (Wildman–Crippen LogP) is 2.51. The Morgan fingerprint density at radius 3 is 2.91 bits per heavy atom. The number of halogens is 1. The highest BCUT2D eigenvalue weighted by molar-refractivity contribution is 7.17. The van der Waals surface area contributed by atoms with E-state index < -0.39 is 12.2 Å². The fraction of sp³-hybridized carbons (Fsp3) is 0.267. The molecule has 1 aromatic heterocycles. The Bertz CT molecular complexity index is 749. The molecule has 1 atom stereocenters. The maximum Gasteiger partial charge on any atom is 0.407 e. The van der Waals surface area contributed by atoms with Gasteiger partial charge in [0.2, 0.25) is 5.78 Å². The summed E-state index contributed by atoms with van der Waals surface area (Å²) >= 11 is 1.06. The summed E-state index contributed by atoms with van der Waals surface area (Å²) in [6.45, 7) is 0.370. The van der Waals surface area contributed by atoms with E-state index in [-0.39, 0.29) is 36.3 Å². The van der Waals surface area contributed by atoms with E-state index in [1.54, 1.807) is 18.2 Å². The van der Waals surface area contributed by atoms with E-state index in [0.717, 1.165) is 16.2 Å². The van der Waals surface area contributed by atoms with E-state index in [1.807, 2.05) is 0 Å². The van der Waals surface area contributed by atoms with Crippen molar-refractivity contribution in [1.29, 1.82) is 0 Å². The van der Waals surface area contributed by atoms with Crippen molar-refractivity contribution in [1.82, 2.24) is 9.88 Å². The quantitative estimate of drug-likeness (QED) is 0.871. The van der Waals surface area contributed by atoms with Gasteiger partial charge in [-0.2, -0.15) is 0 Å². The average Bonchev–Trinajstić information content (AvgIpc) is 3.04. The van der Waals surface area contributed by atoms with Crippen LogP contribution in [0.5, 0.6) is 0 Å². The van der Waals surface area contributed by atoms with Crippen LogP contribution in [0.3, 0.4) is 0 Å². The van der Waals surface area contributed by atoms with Gasteiger partial charge in [0, 0.05) is 18.3 Å². The third kappa shape index (κ3) is 3.22. The summed E-state index contributed by atoms with van der Waals surface area (Å²) in [6, 6.07) is 6.24. The molecule has 1 N–H and O–H groups in total. The first kappa shape index (κ1) is 15.6. The SMILES string of the molecule is O=C(c1ncc(-c2ccccc2F)s1)C1CN(C(=O)O)CCO1. The zero-order valence-corrected chi connectivity index (χ0v) is 12.8. The minimum atomic E-state index is -1.09. The van der Waals surface area contributed by atoms with E-state index >= 15 is 0 Å². The second kappa shape index (κ2) is 6.43. The van der Waals surface area contributed by atoms with Crippen molar-refractivity contribution in [3.05, 3.63) is 41.3 Å². The Balaban J connectivity index is 1.79. The molecule has 1 fully saturated rings. The number of ketones is 1. The third-order valence-electron chi connectivity index (χ3n) is 3.49. The number of carbonyl (C=O) groups is 2.